The molecule has 0 radical (unpaired) electrons. The highest BCUT2D eigenvalue weighted by Gasteiger charge is 2.15. The minimum Gasteiger partial charge on any atom is -0.497 e. The van der Waals surface area contributed by atoms with E-state index in [-0.39, 0.29) is 5.91 Å². The number of nitrogens with one attached hydrogen (secondary N) is 1. The van der Waals surface area contributed by atoms with Gasteiger partial charge in [-0.3, -0.25) is 14.8 Å². The molecule has 0 saturated heterocycles. The predicted octanol–water partition coefficient (Wildman–Crippen LogP) is 3.11. The smallest absolute Gasteiger partial charge is 0.275 e. The molecule has 3 rings (SSSR count). The number of carbonyl (C=O) groups excluding carboxylic acids is 1. The molecule has 23 heavy (non-hydrogen) atoms. The molecule has 0 aliphatic rings. The van der Waals surface area contributed by atoms with Crippen LogP contribution in [0.25, 0.3) is 11.3 Å². The van der Waals surface area contributed by atoms with Crippen LogP contribution in [0.15, 0.2) is 36.5 Å². The Morgan fingerprint density at radius 2 is 2.00 bits per heavy atom. The van der Waals surface area contributed by atoms with E-state index in [9.17, 15) is 4.79 Å². The fourth-order valence-corrected chi connectivity index (χ4v) is 3.06. The molecule has 7 heteroatoms. The molecule has 0 saturated carbocycles. The summed E-state index contributed by atoms with van der Waals surface area (Å²) in [4.78, 5) is 17.8. The van der Waals surface area contributed by atoms with Crippen molar-refractivity contribution in [1.29, 1.82) is 0 Å². The summed E-state index contributed by atoms with van der Waals surface area (Å²) in [7, 11) is 3.36. The first-order chi connectivity index (χ1) is 11.1. The maximum Gasteiger partial charge on any atom is 0.275 e. The van der Waals surface area contributed by atoms with E-state index in [0.29, 0.717) is 10.8 Å². The zero-order chi connectivity index (χ0) is 16.4. The van der Waals surface area contributed by atoms with Crippen molar-refractivity contribution in [3.63, 3.8) is 0 Å². The van der Waals surface area contributed by atoms with Gasteiger partial charge in [-0.15, -0.1) is 11.3 Å². The lowest BCUT2D eigenvalue weighted by molar-refractivity contribution is 0.101. The summed E-state index contributed by atoms with van der Waals surface area (Å²) < 4.78 is 6.69. The third kappa shape index (κ3) is 3.09. The van der Waals surface area contributed by atoms with E-state index in [1.807, 2.05) is 31.2 Å². The summed E-state index contributed by atoms with van der Waals surface area (Å²) in [5, 5.41) is 7.38. The maximum atomic E-state index is 12.2. The molecule has 0 fully saturated rings. The molecule has 1 aromatic carbocycles. The number of aryl methyl sites for hydroxylation is 2. The van der Waals surface area contributed by atoms with Gasteiger partial charge in [0, 0.05) is 23.7 Å². The van der Waals surface area contributed by atoms with Crippen LogP contribution >= 0.6 is 11.3 Å². The molecule has 0 aliphatic heterocycles. The van der Waals surface area contributed by atoms with Crippen molar-refractivity contribution in [2.75, 3.05) is 12.4 Å². The molecule has 0 atom stereocenters. The first-order valence-corrected chi connectivity index (χ1v) is 7.81. The van der Waals surface area contributed by atoms with Crippen LogP contribution in [0.2, 0.25) is 0 Å². The topological polar surface area (TPSA) is 69.0 Å². The highest BCUT2D eigenvalue weighted by molar-refractivity contribution is 7.16. The number of benzene rings is 1. The molecule has 2 aromatic heterocycles. The van der Waals surface area contributed by atoms with Gasteiger partial charge in [0.1, 0.15) is 11.4 Å². The number of carbonyl (C=O) groups is 1. The Bertz CT molecular complexity index is 836. The molecule has 0 spiro atoms. The Hall–Kier alpha value is -2.67. The van der Waals surface area contributed by atoms with E-state index in [4.69, 9.17) is 4.74 Å². The van der Waals surface area contributed by atoms with Crippen LogP contribution < -0.4 is 10.1 Å². The third-order valence-corrected chi connectivity index (χ3v) is 4.32. The molecule has 1 N–H and O–H groups in total. The Morgan fingerprint density at radius 3 is 2.61 bits per heavy atom. The summed E-state index contributed by atoms with van der Waals surface area (Å²) in [6.45, 7) is 1.98. The molecule has 0 bridgehead atoms. The van der Waals surface area contributed by atoms with Gasteiger partial charge in [-0.25, -0.2) is 4.98 Å². The standard InChI is InChI=1S/C16H16N4O2S/c1-10-14(11-4-6-12(22-3)7-5-11)18-16(23-10)19-15(21)13-8-9-17-20(13)2/h4-9H,1-3H3,(H,18,19,21). The Labute approximate surface area is 137 Å². The quantitative estimate of drug-likeness (QED) is 0.799. The summed E-state index contributed by atoms with van der Waals surface area (Å²) in [5.41, 5.74) is 2.34. The molecule has 2 heterocycles. The second kappa shape index (κ2) is 6.21. The normalized spacial score (nSPS) is 10.6. The average Bonchev–Trinajstić information content (AvgIpc) is 3.13. The van der Waals surface area contributed by atoms with Crippen molar-refractivity contribution in [1.82, 2.24) is 14.8 Å². The third-order valence-electron chi connectivity index (χ3n) is 3.43. The van der Waals surface area contributed by atoms with E-state index >= 15 is 0 Å². The summed E-state index contributed by atoms with van der Waals surface area (Å²) >= 11 is 1.45. The fraction of sp³-hybridized carbons (Fsp3) is 0.188. The Kier molecular flexibility index (Phi) is 4.12. The number of hydrogen-bond acceptors (Lipinski definition) is 5. The van der Waals surface area contributed by atoms with Crippen LogP contribution in [0, 0.1) is 6.92 Å². The number of methoxy groups -OCH3 is 1. The number of ether oxygens (including phenoxy) is 1. The van der Waals surface area contributed by atoms with Crippen molar-refractivity contribution < 1.29 is 9.53 Å². The summed E-state index contributed by atoms with van der Waals surface area (Å²) in [5.74, 6) is 0.575. The van der Waals surface area contributed by atoms with E-state index in [1.54, 1.807) is 26.4 Å². The lowest BCUT2D eigenvalue weighted by Gasteiger charge is -2.02. The number of hydrogen-bond donors (Lipinski definition) is 1. The van der Waals surface area contributed by atoms with Crippen molar-refractivity contribution in [2.45, 2.75) is 6.92 Å². The Morgan fingerprint density at radius 1 is 1.26 bits per heavy atom. The van der Waals surface area contributed by atoms with E-state index in [1.165, 1.54) is 16.0 Å². The largest absolute Gasteiger partial charge is 0.497 e. The molecule has 0 unspecified atom stereocenters. The number of aromatic nitrogens is 3. The lowest BCUT2D eigenvalue weighted by Crippen LogP contribution is -2.15. The van der Waals surface area contributed by atoms with Crippen molar-refractivity contribution in [3.8, 4) is 17.0 Å². The van der Waals surface area contributed by atoms with Crippen LogP contribution in [0.5, 0.6) is 5.75 Å². The van der Waals surface area contributed by atoms with Crippen molar-refractivity contribution >= 4 is 22.4 Å². The number of anilines is 1. The second-order valence-corrected chi connectivity index (χ2v) is 6.15. The van der Waals surface area contributed by atoms with Gasteiger partial charge < -0.3 is 4.74 Å². The Balaban J connectivity index is 1.83. The van der Waals surface area contributed by atoms with Gasteiger partial charge in [0.25, 0.3) is 5.91 Å². The second-order valence-electron chi connectivity index (χ2n) is 4.95. The predicted molar refractivity (Wildman–Crippen MR) is 90.0 cm³/mol. The summed E-state index contributed by atoms with van der Waals surface area (Å²) in [6.07, 6.45) is 1.59. The van der Waals surface area contributed by atoms with Crippen LogP contribution in [0.4, 0.5) is 5.13 Å². The molecule has 118 valence electrons. The van der Waals surface area contributed by atoms with Gasteiger partial charge in [0.15, 0.2) is 5.13 Å². The molecule has 3 aromatic rings. The number of rotatable bonds is 4. The molecule has 6 nitrogen and oxygen atoms in total. The van der Waals surface area contributed by atoms with Crippen LogP contribution in [-0.2, 0) is 7.05 Å². The van der Waals surface area contributed by atoms with Gasteiger partial charge in [0.05, 0.1) is 12.8 Å². The highest BCUT2D eigenvalue weighted by atomic mass is 32.1. The minimum absolute atomic E-state index is 0.222. The van der Waals surface area contributed by atoms with E-state index in [0.717, 1.165) is 21.9 Å². The van der Waals surface area contributed by atoms with Crippen LogP contribution in [0.1, 0.15) is 15.4 Å². The number of amides is 1. The molecular formula is C16H16N4O2S. The van der Waals surface area contributed by atoms with Crippen LogP contribution in [0.3, 0.4) is 0 Å². The lowest BCUT2D eigenvalue weighted by atomic mass is 10.1. The zero-order valence-corrected chi connectivity index (χ0v) is 13.8. The average molecular weight is 328 g/mol. The maximum absolute atomic E-state index is 12.2. The SMILES string of the molecule is COc1ccc(-c2nc(NC(=O)c3ccnn3C)sc2C)cc1. The number of thiazole rings is 1. The van der Waals surface area contributed by atoms with Gasteiger partial charge in [0.2, 0.25) is 0 Å². The van der Waals surface area contributed by atoms with Gasteiger partial charge in [-0.05, 0) is 37.3 Å². The highest BCUT2D eigenvalue weighted by Crippen LogP contribution is 2.31. The minimum atomic E-state index is -0.222. The first-order valence-electron chi connectivity index (χ1n) is 6.99. The fourth-order valence-electron chi connectivity index (χ4n) is 2.22. The monoisotopic (exact) mass is 328 g/mol. The molecule has 1 amide bonds. The van der Waals surface area contributed by atoms with Gasteiger partial charge in [-0.1, -0.05) is 0 Å². The first kappa shape index (κ1) is 15.2. The van der Waals surface area contributed by atoms with Crippen molar-refractivity contribution in [3.05, 3.63) is 47.1 Å². The van der Waals surface area contributed by atoms with Crippen LogP contribution in [-0.4, -0.2) is 27.8 Å². The molecule has 0 aliphatic carbocycles. The van der Waals surface area contributed by atoms with E-state index in [2.05, 4.69) is 15.4 Å². The van der Waals surface area contributed by atoms with Gasteiger partial charge >= 0.3 is 0 Å². The van der Waals surface area contributed by atoms with E-state index < -0.39 is 0 Å². The zero-order valence-electron chi connectivity index (χ0n) is 13.0. The molecular weight excluding hydrogens is 312 g/mol. The summed E-state index contributed by atoms with van der Waals surface area (Å²) in [6, 6.07) is 9.35. The number of nitrogens with zero attached hydrogens (tertiary/aromatic N) is 3. The van der Waals surface area contributed by atoms with Crippen molar-refractivity contribution in [2.24, 2.45) is 7.05 Å². The van der Waals surface area contributed by atoms with Gasteiger partial charge in [-0.2, -0.15) is 5.10 Å².